The fourth-order valence-electron chi connectivity index (χ4n) is 7.07. The molecular formula is C54H101NO7P+. The Morgan fingerprint density at radius 2 is 0.921 bits per heavy atom. The molecule has 2 atom stereocenters. The summed E-state index contributed by atoms with van der Waals surface area (Å²) in [4.78, 5) is 23.0. The second-order valence-corrected chi connectivity index (χ2v) is 20.0. The third kappa shape index (κ3) is 51.1. The van der Waals surface area contributed by atoms with E-state index < -0.39 is 13.9 Å². The maximum absolute atomic E-state index is 12.8. The van der Waals surface area contributed by atoms with E-state index in [0.29, 0.717) is 24.1 Å². The minimum Gasteiger partial charge on any atom is -0.457 e. The van der Waals surface area contributed by atoms with Gasteiger partial charge in [0.15, 0.2) is 0 Å². The first-order chi connectivity index (χ1) is 30.6. The van der Waals surface area contributed by atoms with E-state index in [1.807, 2.05) is 21.1 Å². The zero-order valence-corrected chi connectivity index (χ0v) is 42.7. The van der Waals surface area contributed by atoms with Gasteiger partial charge in [-0.1, -0.05) is 197 Å². The Balaban J connectivity index is 4.15. The van der Waals surface area contributed by atoms with Gasteiger partial charge in [-0.3, -0.25) is 13.8 Å². The average Bonchev–Trinajstić information content (AvgIpc) is 3.24. The number of hydrogen-bond acceptors (Lipinski definition) is 6. The van der Waals surface area contributed by atoms with Crippen LogP contribution in [0.5, 0.6) is 0 Å². The van der Waals surface area contributed by atoms with E-state index in [-0.39, 0.29) is 25.8 Å². The number of carbonyl (C=O) groups excluding carboxylic acids is 1. The lowest BCUT2D eigenvalue weighted by Gasteiger charge is -2.24. The Labute approximate surface area is 390 Å². The zero-order valence-electron chi connectivity index (χ0n) is 41.8. The number of rotatable bonds is 48. The summed E-state index contributed by atoms with van der Waals surface area (Å²) in [6.45, 7) is 5.51. The summed E-state index contributed by atoms with van der Waals surface area (Å²) in [5.41, 5.74) is 0. The van der Waals surface area contributed by atoms with Crippen LogP contribution in [0, 0.1) is 0 Å². The summed E-state index contributed by atoms with van der Waals surface area (Å²) in [5, 5.41) is 0. The molecule has 0 fully saturated rings. The lowest BCUT2D eigenvalue weighted by molar-refractivity contribution is -0.870. The van der Waals surface area contributed by atoms with Crippen molar-refractivity contribution in [2.45, 2.75) is 225 Å². The number of ether oxygens (including phenoxy) is 2. The third-order valence-electron chi connectivity index (χ3n) is 11.1. The molecular weight excluding hydrogens is 806 g/mol. The molecule has 0 saturated carbocycles. The Hall–Kier alpha value is -1.80. The second kappa shape index (κ2) is 46.7. The predicted octanol–water partition coefficient (Wildman–Crippen LogP) is 16.1. The van der Waals surface area contributed by atoms with Crippen LogP contribution in [-0.2, 0) is 27.9 Å². The van der Waals surface area contributed by atoms with Gasteiger partial charge in [0.2, 0.25) is 0 Å². The van der Waals surface area contributed by atoms with Crippen molar-refractivity contribution in [1.29, 1.82) is 0 Å². The third-order valence-corrected chi connectivity index (χ3v) is 12.0. The summed E-state index contributed by atoms with van der Waals surface area (Å²) in [6.07, 6.45) is 59.8. The summed E-state index contributed by atoms with van der Waals surface area (Å²) < 4.78 is 35.2. The Bertz CT molecular complexity index is 1190. The van der Waals surface area contributed by atoms with Crippen LogP contribution in [-0.4, -0.2) is 75.6 Å². The van der Waals surface area contributed by atoms with Gasteiger partial charge in [0.1, 0.15) is 19.3 Å². The Morgan fingerprint density at radius 3 is 1.40 bits per heavy atom. The minimum absolute atomic E-state index is 0.0852. The molecule has 368 valence electrons. The summed E-state index contributed by atoms with van der Waals surface area (Å²) in [5.74, 6) is -0.318. The molecule has 9 heteroatoms. The van der Waals surface area contributed by atoms with Crippen LogP contribution >= 0.6 is 7.82 Å². The number of esters is 1. The molecule has 2 unspecified atom stereocenters. The minimum atomic E-state index is -4.29. The van der Waals surface area contributed by atoms with Crippen molar-refractivity contribution >= 4 is 13.8 Å². The second-order valence-electron chi connectivity index (χ2n) is 18.5. The van der Waals surface area contributed by atoms with E-state index in [4.69, 9.17) is 18.5 Å². The number of unbranched alkanes of at least 4 members (excludes halogenated alkanes) is 24. The molecule has 0 aliphatic carbocycles. The molecule has 0 rings (SSSR count). The van der Waals surface area contributed by atoms with E-state index >= 15 is 0 Å². The molecule has 0 aromatic rings. The average molecular weight is 907 g/mol. The predicted molar refractivity (Wildman–Crippen MR) is 270 cm³/mol. The normalized spacial score (nSPS) is 14.1. The van der Waals surface area contributed by atoms with Gasteiger partial charge in [-0.25, -0.2) is 4.57 Å². The molecule has 0 bridgehead atoms. The molecule has 0 spiro atoms. The molecule has 8 nitrogen and oxygen atoms in total. The van der Waals surface area contributed by atoms with Crippen molar-refractivity contribution in [2.24, 2.45) is 0 Å². The van der Waals surface area contributed by atoms with Crippen molar-refractivity contribution in [2.75, 3.05) is 54.1 Å². The van der Waals surface area contributed by atoms with E-state index in [2.05, 4.69) is 74.6 Å². The zero-order chi connectivity index (χ0) is 46.2. The molecule has 0 radical (unpaired) electrons. The number of allylic oxidation sites excluding steroid dienone is 10. The van der Waals surface area contributed by atoms with Crippen LogP contribution in [0.3, 0.4) is 0 Å². The maximum Gasteiger partial charge on any atom is 0.472 e. The fraction of sp³-hybridized carbons (Fsp3) is 0.796. The maximum atomic E-state index is 12.8. The van der Waals surface area contributed by atoms with Crippen molar-refractivity contribution in [1.82, 2.24) is 0 Å². The van der Waals surface area contributed by atoms with Gasteiger partial charge in [-0.2, -0.15) is 0 Å². The number of quaternary nitrogens is 1. The first-order valence-electron chi connectivity index (χ1n) is 26.0. The molecule has 0 saturated heterocycles. The monoisotopic (exact) mass is 907 g/mol. The Morgan fingerprint density at radius 1 is 0.508 bits per heavy atom. The van der Waals surface area contributed by atoms with Gasteiger partial charge in [0.25, 0.3) is 0 Å². The van der Waals surface area contributed by atoms with Gasteiger partial charge in [-0.15, -0.1) is 0 Å². The van der Waals surface area contributed by atoms with E-state index in [9.17, 15) is 14.3 Å². The topological polar surface area (TPSA) is 91.3 Å². The highest BCUT2D eigenvalue weighted by molar-refractivity contribution is 7.47. The fourth-order valence-corrected chi connectivity index (χ4v) is 7.81. The lowest BCUT2D eigenvalue weighted by atomic mass is 10.1. The highest BCUT2D eigenvalue weighted by Crippen LogP contribution is 2.43. The lowest BCUT2D eigenvalue weighted by Crippen LogP contribution is -2.37. The first kappa shape index (κ1) is 61.2. The van der Waals surface area contributed by atoms with E-state index in [0.717, 1.165) is 57.8 Å². The molecule has 0 aliphatic heterocycles. The SMILES string of the molecule is CC/C=C\C/C=C\C/C=C\C/C=C\CCCCCCCCCCCOCC(COP(=O)(O)OCC[N+](C)(C)C)OC(=O)CCCCCCCCCCC/C=C\CCCCCCCC. The molecule has 1 N–H and O–H groups in total. The van der Waals surface area contributed by atoms with Crippen molar-refractivity contribution in [3.05, 3.63) is 60.8 Å². The van der Waals surface area contributed by atoms with Crippen LogP contribution in [0.2, 0.25) is 0 Å². The molecule has 63 heavy (non-hydrogen) atoms. The molecule has 0 aromatic heterocycles. The van der Waals surface area contributed by atoms with E-state index in [1.54, 1.807) is 0 Å². The van der Waals surface area contributed by atoms with Gasteiger partial charge < -0.3 is 18.9 Å². The van der Waals surface area contributed by atoms with Gasteiger partial charge >= 0.3 is 13.8 Å². The van der Waals surface area contributed by atoms with Gasteiger partial charge in [0, 0.05) is 13.0 Å². The number of likely N-dealkylation sites (N-methyl/N-ethyl adjacent to an activating group) is 1. The van der Waals surface area contributed by atoms with Crippen LogP contribution in [0.1, 0.15) is 219 Å². The summed E-state index contributed by atoms with van der Waals surface area (Å²) in [7, 11) is 1.66. The van der Waals surface area contributed by atoms with Crippen LogP contribution in [0.15, 0.2) is 60.8 Å². The summed E-state index contributed by atoms with van der Waals surface area (Å²) in [6, 6.07) is 0. The van der Waals surface area contributed by atoms with Crippen LogP contribution in [0.4, 0.5) is 0 Å². The molecule has 0 aromatic carbocycles. The van der Waals surface area contributed by atoms with Crippen LogP contribution in [0.25, 0.3) is 0 Å². The Kier molecular flexibility index (Phi) is 45.4. The number of hydrogen-bond donors (Lipinski definition) is 1. The number of phosphoric ester groups is 1. The van der Waals surface area contributed by atoms with Gasteiger partial charge in [-0.05, 0) is 77.0 Å². The smallest absolute Gasteiger partial charge is 0.457 e. The van der Waals surface area contributed by atoms with Gasteiger partial charge in [0.05, 0.1) is 34.4 Å². The number of carbonyl (C=O) groups is 1. The number of phosphoric acid groups is 1. The van der Waals surface area contributed by atoms with Crippen molar-refractivity contribution in [3.63, 3.8) is 0 Å². The highest BCUT2D eigenvalue weighted by atomic mass is 31.2. The first-order valence-corrected chi connectivity index (χ1v) is 27.5. The van der Waals surface area contributed by atoms with Crippen molar-refractivity contribution in [3.8, 4) is 0 Å². The highest BCUT2D eigenvalue weighted by Gasteiger charge is 2.26. The standard InChI is InChI=1S/C54H100NO7P/c1-6-8-10-12-14-16-18-20-22-24-26-27-28-30-32-34-36-38-40-42-44-46-49-59-51-53(52-61-63(57,58)60-50-48-55(3,4)5)62-54(56)47-45-43-41-39-37-35-33-31-29-25-23-21-19-17-15-13-11-9-7-2/h8,10,14,16,20-23,26-27,53H,6-7,9,11-13,15,17-19,24-25,28-52H2,1-5H3/p+1/b10-8-,16-14-,22-20-,23-21-,27-26-. The molecule has 0 aliphatic rings. The van der Waals surface area contributed by atoms with Crippen molar-refractivity contribution < 1.29 is 37.3 Å². The molecule has 0 heterocycles. The molecule has 0 amide bonds. The number of nitrogens with zero attached hydrogens (tertiary/aromatic N) is 1. The largest absolute Gasteiger partial charge is 0.472 e. The summed E-state index contributed by atoms with van der Waals surface area (Å²) >= 11 is 0. The quantitative estimate of drug-likeness (QED) is 0.0214. The van der Waals surface area contributed by atoms with Crippen LogP contribution < -0.4 is 0 Å². The van der Waals surface area contributed by atoms with E-state index in [1.165, 1.54) is 141 Å².